The molecule has 0 aliphatic heterocycles. The van der Waals surface area contributed by atoms with Gasteiger partial charge in [0.25, 0.3) is 0 Å². The summed E-state index contributed by atoms with van der Waals surface area (Å²) in [6, 6.07) is 0. The number of halogens is 3. The first-order chi connectivity index (χ1) is 7.83. The lowest BCUT2D eigenvalue weighted by atomic mass is 9.82. The zero-order valence-corrected chi connectivity index (χ0v) is 11.0. The first kappa shape index (κ1) is 16.7. The number of alkyl halides is 3. The maximum Gasteiger partial charge on any atom is 0.411 e. The molecule has 0 rings (SSSR count). The maximum absolute atomic E-state index is 11.9. The SMILES string of the molecule is CCCC(C)(CCOCC(F)(F)F)CNCC. The lowest BCUT2D eigenvalue weighted by Gasteiger charge is -2.29. The van der Waals surface area contributed by atoms with Crippen molar-refractivity contribution in [2.45, 2.75) is 46.2 Å². The van der Waals surface area contributed by atoms with Crippen molar-refractivity contribution >= 4 is 0 Å². The van der Waals surface area contributed by atoms with Gasteiger partial charge in [-0.05, 0) is 24.8 Å². The van der Waals surface area contributed by atoms with E-state index in [9.17, 15) is 13.2 Å². The van der Waals surface area contributed by atoms with Gasteiger partial charge in [0.2, 0.25) is 0 Å². The molecule has 0 heterocycles. The second-order valence-electron chi connectivity index (χ2n) is 4.76. The molecule has 2 nitrogen and oxygen atoms in total. The van der Waals surface area contributed by atoms with Crippen molar-refractivity contribution in [2.75, 3.05) is 26.3 Å². The summed E-state index contributed by atoms with van der Waals surface area (Å²) in [7, 11) is 0. The van der Waals surface area contributed by atoms with Crippen LogP contribution in [0.3, 0.4) is 0 Å². The Morgan fingerprint density at radius 3 is 2.24 bits per heavy atom. The van der Waals surface area contributed by atoms with Gasteiger partial charge in [-0.25, -0.2) is 0 Å². The predicted molar refractivity (Wildman–Crippen MR) is 63.0 cm³/mol. The highest BCUT2D eigenvalue weighted by atomic mass is 19.4. The van der Waals surface area contributed by atoms with E-state index < -0.39 is 12.8 Å². The van der Waals surface area contributed by atoms with Crippen molar-refractivity contribution < 1.29 is 17.9 Å². The lowest BCUT2D eigenvalue weighted by molar-refractivity contribution is -0.175. The Hall–Kier alpha value is -0.290. The maximum atomic E-state index is 11.9. The molecular formula is C12H24F3NO. The van der Waals surface area contributed by atoms with Gasteiger partial charge in [-0.3, -0.25) is 0 Å². The Balaban J connectivity index is 3.91. The van der Waals surface area contributed by atoms with Crippen LogP contribution < -0.4 is 5.32 Å². The second-order valence-corrected chi connectivity index (χ2v) is 4.76. The van der Waals surface area contributed by atoms with Crippen molar-refractivity contribution in [2.24, 2.45) is 5.41 Å². The van der Waals surface area contributed by atoms with Crippen molar-refractivity contribution in [3.05, 3.63) is 0 Å². The standard InChI is InChI=1S/C12H24F3NO/c1-4-6-11(3,9-16-5-2)7-8-17-10-12(13,14)15/h16H,4-10H2,1-3H3. The highest BCUT2D eigenvalue weighted by molar-refractivity contribution is 4.76. The molecule has 1 atom stereocenters. The van der Waals surface area contributed by atoms with Crippen molar-refractivity contribution in [3.8, 4) is 0 Å². The molecule has 0 saturated heterocycles. The second kappa shape index (κ2) is 7.93. The van der Waals surface area contributed by atoms with E-state index in [4.69, 9.17) is 0 Å². The zero-order chi connectivity index (χ0) is 13.4. The number of ether oxygens (including phenoxy) is 1. The molecule has 1 N–H and O–H groups in total. The van der Waals surface area contributed by atoms with Crippen molar-refractivity contribution in [3.63, 3.8) is 0 Å². The minimum absolute atomic E-state index is 0.0242. The summed E-state index contributed by atoms with van der Waals surface area (Å²) in [6.07, 6.45) is -1.54. The fourth-order valence-electron chi connectivity index (χ4n) is 1.84. The van der Waals surface area contributed by atoms with Crippen LogP contribution in [0.15, 0.2) is 0 Å². The van der Waals surface area contributed by atoms with E-state index in [1.165, 1.54) is 0 Å². The summed E-state index contributed by atoms with van der Waals surface area (Å²) in [5, 5.41) is 3.25. The Bertz CT molecular complexity index is 197. The summed E-state index contributed by atoms with van der Waals surface area (Å²) < 4.78 is 40.3. The van der Waals surface area contributed by atoms with E-state index in [0.29, 0.717) is 6.42 Å². The summed E-state index contributed by atoms with van der Waals surface area (Å²) in [5.41, 5.74) is 0.0242. The van der Waals surface area contributed by atoms with Gasteiger partial charge in [0.05, 0.1) is 0 Å². The van der Waals surface area contributed by atoms with Gasteiger partial charge in [-0.15, -0.1) is 0 Å². The van der Waals surface area contributed by atoms with Gasteiger partial charge in [-0.1, -0.05) is 27.2 Å². The molecule has 0 saturated carbocycles. The van der Waals surface area contributed by atoms with Crippen LogP contribution in [-0.4, -0.2) is 32.5 Å². The van der Waals surface area contributed by atoms with Crippen LogP contribution in [0.4, 0.5) is 13.2 Å². The molecule has 0 radical (unpaired) electrons. The molecule has 0 aromatic carbocycles. The Morgan fingerprint density at radius 1 is 1.12 bits per heavy atom. The van der Waals surface area contributed by atoms with E-state index in [1.54, 1.807) is 0 Å². The van der Waals surface area contributed by atoms with E-state index in [2.05, 4.69) is 23.9 Å². The van der Waals surface area contributed by atoms with Gasteiger partial charge < -0.3 is 10.1 Å². The average molecular weight is 255 g/mol. The molecule has 0 aliphatic carbocycles. The highest BCUT2D eigenvalue weighted by Crippen LogP contribution is 2.27. The van der Waals surface area contributed by atoms with Crippen molar-refractivity contribution in [1.82, 2.24) is 5.32 Å². The molecular weight excluding hydrogens is 231 g/mol. The fraction of sp³-hybridized carbons (Fsp3) is 1.00. The van der Waals surface area contributed by atoms with Crippen LogP contribution in [0, 0.1) is 5.41 Å². The number of hydrogen-bond acceptors (Lipinski definition) is 2. The van der Waals surface area contributed by atoms with Gasteiger partial charge in [0, 0.05) is 13.2 Å². The third kappa shape index (κ3) is 9.41. The minimum atomic E-state index is -4.22. The predicted octanol–water partition coefficient (Wildman–Crippen LogP) is 3.37. The number of nitrogens with one attached hydrogen (secondary N) is 1. The third-order valence-electron chi connectivity index (χ3n) is 2.77. The molecule has 5 heteroatoms. The average Bonchev–Trinajstić information content (AvgIpc) is 2.21. The van der Waals surface area contributed by atoms with Crippen LogP contribution in [0.1, 0.15) is 40.0 Å². The topological polar surface area (TPSA) is 21.3 Å². The van der Waals surface area contributed by atoms with Crippen LogP contribution in [0.2, 0.25) is 0 Å². The summed E-state index contributed by atoms with van der Waals surface area (Å²) in [5.74, 6) is 0. The van der Waals surface area contributed by atoms with E-state index in [0.717, 1.165) is 25.9 Å². The Labute approximate surface area is 102 Å². The van der Waals surface area contributed by atoms with E-state index >= 15 is 0 Å². The molecule has 0 spiro atoms. The summed E-state index contributed by atoms with van der Waals surface area (Å²) in [4.78, 5) is 0. The normalized spacial score (nSPS) is 15.9. The monoisotopic (exact) mass is 255 g/mol. The summed E-state index contributed by atoms with van der Waals surface area (Å²) >= 11 is 0. The third-order valence-corrected chi connectivity index (χ3v) is 2.77. The van der Waals surface area contributed by atoms with Gasteiger partial charge in [0.15, 0.2) is 0 Å². The van der Waals surface area contributed by atoms with Gasteiger partial charge >= 0.3 is 6.18 Å². The molecule has 17 heavy (non-hydrogen) atoms. The number of rotatable bonds is 9. The molecule has 0 aromatic heterocycles. The van der Waals surface area contributed by atoms with Crippen LogP contribution in [0.5, 0.6) is 0 Å². The lowest BCUT2D eigenvalue weighted by Crippen LogP contribution is -2.33. The number of hydrogen-bond donors (Lipinski definition) is 1. The first-order valence-corrected chi connectivity index (χ1v) is 6.18. The van der Waals surface area contributed by atoms with E-state index in [-0.39, 0.29) is 12.0 Å². The molecule has 1 unspecified atom stereocenters. The van der Waals surface area contributed by atoms with Crippen LogP contribution in [0.25, 0.3) is 0 Å². The zero-order valence-electron chi connectivity index (χ0n) is 11.0. The smallest absolute Gasteiger partial charge is 0.372 e. The fourth-order valence-corrected chi connectivity index (χ4v) is 1.84. The van der Waals surface area contributed by atoms with Crippen LogP contribution in [-0.2, 0) is 4.74 Å². The van der Waals surface area contributed by atoms with E-state index in [1.807, 2.05) is 6.92 Å². The molecule has 0 aliphatic rings. The molecule has 104 valence electrons. The molecule has 0 amide bonds. The Kier molecular flexibility index (Phi) is 7.79. The quantitative estimate of drug-likeness (QED) is 0.638. The highest BCUT2D eigenvalue weighted by Gasteiger charge is 2.28. The minimum Gasteiger partial charge on any atom is -0.372 e. The molecule has 0 fully saturated rings. The first-order valence-electron chi connectivity index (χ1n) is 6.18. The molecule has 0 bridgehead atoms. The molecule has 0 aromatic rings. The van der Waals surface area contributed by atoms with Gasteiger partial charge in [0.1, 0.15) is 6.61 Å². The largest absolute Gasteiger partial charge is 0.411 e. The van der Waals surface area contributed by atoms with Gasteiger partial charge in [-0.2, -0.15) is 13.2 Å². The summed E-state index contributed by atoms with van der Waals surface area (Å²) in [6.45, 7) is 6.93. The van der Waals surface area contributed by atoms with Crippen molar-refractivity contribution in [1.29, 1.82) is 0 Å². The Morgan fingerprint density at radius 2 is 1.76 bits per heavy atom. The van der Waals surface area contributed by atoms with Crippen LogP contribution >= 0.6 is 0 Å².